The zero-order valence-corrected chi connectivity index (χ0v) is 13.9. The SMILES string of the molecule is CCNCc1ccc(-c2ccc(CC)c(CC)c2)c(Cl)c1. The highest BCUT2D eigenvalue weighted by molar-refractivity contribution is 6.33. The van der Waals surface area contributed by atoms with Gasteiger partial charge in [-0.1, -0.05) is 62.7 Å². The van der Waals surface area contributed by atoms with E-state index in [4.69, 9.17) is 11.6 Å². The Labute approximate surface area is 133 Å². The van der Waals surface area contributed by atoms with Gasteiger partial charge >= 0.3 is 0 Å². The Morgan fingerprint density at radius 1 is 0.905 bits per heavy atom. The first-order valence-electron chi connectivity index (χ1n) is 7.80. The lowest BCUT2D eigenvalue weighted by molar-refractivity contribution is 0.727. The first-order valence-corrected chi connectivity index (χ1v) is 8.18. The molecule has 0 fully saturated rings. The second-order valence-corrected chi connectivity index (χ2v) is 5.69. The highest BCUT2D eigenvalue weighted by Gasteiger charge is 2.07. The Kier molecular flexibility index (Phi) is 5.84. The van der Waals surface area contributed by atoms with Crippen LogP contribution in [0.2, 0.25) is 5.02 Å². The summed E-state index contributed by atoms with van der Waals surface area (Å²) in [6, 6.07) is 13.1. The second-order valence-electron chi connectivity index (χ2n) is 5.29. The minimum atomic E-state index is 0.830. The van der Waals surface area contributed by atoms with Crippen LogP contribution < -0.4 is 5.32 Å². The third kappa shape index (κ3) is 3.87. The molecule has 1 N–H and O–H groups in total. The van der Waals surface area contributed by atoms with Crippen molar-refractivity contribution in [3.63, 3.8) is 0 Å². The molecular formula is C19H24ClN. The number of halogens is 1. The molecule has 1 nitrogen and oxygen atoms in total. The van der Waals surface area contributed by atoms with Gasteiger partial charge in [0.1, 0.15) is 0 Å². The van der Waals surface area contributed by atoms with Crippen LogP contribution in [-0.4, -0.2) is 6.54 Å². The normalized spacial score (nSPS) is 10.9. The van der Waals surface area contributed by atoms with Crippen LogP contribution >= 0.6 is 11.6 Å². The van der Waals surface area contributed by atoms with E-state index in [9.17, 15) is 0 Å². The zero-order chi connectivity index (χ0) is 15.2. The third-order valence-corrected chi connectivity index (χ3v) is 4.20. The van der Waals surface area contributed by atoms with E-state index in [1.54, 1.807) is 0 Å². The van der Waals surface area contributed by atoms with Gasteiger partial charge in [-0.25, -0.2) is 0 Å². The molecule has 112 valence electrons. The van der Waals surface area contributed by atoms with Crippen molar-refractivity contribution in [2.75, 3.05) is 6.54 Å². The predicted octanol–water partition coefficient (Wildman–Crippen LogP) is 5.24. The standard InChI is InChI=1S/C19H24ClN/c1-4-15-8-9-17(12-16(15)5-2)18-10-7-14(11-19(18)20)13-21-6-3/h7-12,21H,4-6,13H2,1-3H3. The fourth-order valence-corrected chi connectivity index (χ4v) is 2.95. The molecule has 2 aromatic carbocycles. The van der Waals surface area contributed by atoms with E-state index in [0.717, 1.165) is 36.5 Å². The van der Waals surface area contributed by atoms with E-state index in [2.05, 4.69) is 62.5 Å². The van der Waals surface area contributed by atoms with Crippen molar-refractivity contribution in [3.8, 4) is 11.1 Å². The van der Waals surface area contributed by atoms with Gasteiger partial charge in [0.2, 0.25) is 0 Å². The lowest BCUT2D eigenvalue weighted by atomic mass is 9.96. The van der Waals surface area contributed by atoms with E-state index in [1.807, 2.05) is 0 Å². The summed E-state index contributed by atoms with van der Waals surface area (Å²) in [7, 11) is 0. The number of nitrogens with one attached hydrogen (secondary N) is 1. The average molecular weight is 302 g/mol. The number of rotatable bonds is 6. The second kappa shape index (κ2) is 7.63. The van der Waals surface area contributed by atoms with Crippen LogP contribution in [0.5, 0.6) is 0 Å². The molecular weight excluding hydrogens is 278 g/mol. The number of hydrogen-bond acceptors (Lipinski definition) is 1. The summed E-state index contributed by atoms with van der Waals surface area (Å²) in [5, 5.41) is 4.16. The zero-order valence-electron chi connectivity index (χ0n) is 13.2. The van der Waals surface area contributed by atoms with Crippen molar-refractivity contribution in [1.29, 1.82) is 0 Å². The van der Waals surface area contributed by atoms with E-state index in [-0.39, 0.29) is 0 Å². The van der Waals surface area contributed by atoms with E-state index < -0.39 is 0 Å². The molecule has 2 rings (SSSR count). The lowest BCUT2D eigenvalue weighted by Crippen LogP contribution is -2.11. The average Bonchev–Trinajstić information content (AvgIpc) is 2.52. The molecule has 0 unspecified atom stereocenters. The van der Waals surface area contributed by atoms with Crippen molar-refractivity contribution in [1.82, 2.24) is 5.32 Å². The van der Waals surface area contributed by atoms with Crippen molar-refractivity contribution in [2.45, 2.75) is 40.2 Å². The lowest BCUT2D eigenvalue weighted by Gasteiger charge is -2.12. The molecule has 0 atom stereocenters. The third-order valence-electron chi connectivity index (χ3n) is 3.89. The van der Waals surface area contributed by atoms with E-state index in [1.165, 1.54) is 22.3 Å². The Bertz CT molecular complexity index is 605. The Morgan fingerprint density at radius 3 is 2.29 bits per heavy atom. The van der Waals surface area contributed by atoms with E-state index in [0.29, 0.717) is 0 Å². The van der Waals surface area contributed by atoms with E-state index >= 15 is 0 Å². The summed E-state index contributed by atoms with van der Waals surface area (Å²) in [5.74, 6) is 0. The van der Waals surface area contributed by atoms with Crippen LogP contribution in [0.1, 0.15) is 37.5 Å². The first kappa shape index (κ1) is 16.1. The Balaban J connectivity index is 2.33. The minimum absolute atomic E-state index is 0.830. The minimum Gasteiger partial charge on any atom is -0.313 e. The quantitative estimate of drug-likeness (QED) is 0.769. The highest BCUT2D eigenvalue weighted by Crippen LogP contribution is 2.30. The van der Waals surface area contributed by atoms with Gasteiger partial charge in [0.25, 0.3) is 0 Å². The maximum absolute atomic E-state index is 6.48. The summed E-state index contributed by atoms with van der Waals surface area (Å²) < 4.78 is 0. The number of hydrogen-bond donors (Lipinski definition) is 1. The molecule has 0 heterocycles. The summed E-state index contributed by atoms with van der Waals surface area (Å²) in [4.78, 5) is 0. The van der Waals surface area contributed by atoms with Crippen LogP contribution in [0, 0.1) is 0 Å². The maximum Gasteiger partial charge on any atom is 0.0487 e. The molecule has 0 saturated heterocycles. The maximum atomic E-state index is 6.48. The highest BCUT2D eigenvalue weighted by atomic mass is 35.5. The number of benzene rings is 2. The van der Waals surface area contributed by atoms with Crippen LogP contribution in [-0.2, 0) is 19.4 Å². The molecule has 0 spiro atoms. The molecule has 21 heavy (non-hydrogen) atoms. The molecule has 0 bridgehead atoms. The van der Waals surface area contributed by atoms with Gasteiger partial charge in [0.05, 0.1) is 0 Å². The molecule has 0 aliphatic rings. The molecule has 0 aliphatic heterocycles. The molecule has 0 aliphatic carbocycles. The van der Waals surface area contributed by atoms with Gasteiger partial charge < -0.3 is 5.32 Å². The number of aryl methyl sites for hydroxylation is 2. The van der Waals surface area contributed by atoms with Crippen LogP contribution in [0.25, 0.3) is 11.1 Å². The van der Waals surface area contributed by atoms with Gasteiger partial charge in [0, 0.05) is 17.1 Å². The topological polar surface area (TPSA) is 12.0 Å². The monoisotopic (exact) mass is 301 g/mol. The van der Waals surface area contributed by atoms with Crippen LogP contribution in [0.15, 0.2) is 36.4 Å². The van der Waals surface area contributed by atoms with Crippen molar-refractivity contribution in [3.05, 3.63) is 58.1 Å². The molecule has 2 heteroatoms. The summed E-state index contributed by atoms with van der Waals surface area (Å²) in [6.07, 6.45) is 2.14. The van der Waals surface area contributed by atoms with Crippen LogP contribution in [0.4, 0.5) is 0 Å². The Morgan fingerprint density at radius 2 is 1.67 bits per heavy atom. The fraction of sp³-hybridized carbons (Fsp3) is 0.368. The molecule has 0 amide bonds. The van der Waals surface area contributed by atoms with Crippen molar-refractivity contribution >= 4 is 11.6 Å². The fourth-order valence-electron chi connectivity index (χ4n) is 2.64. The molecule has 2 aromatic rings. The van der Waals surface area contributed by atoms with Gasteiger partial charge in [-0.15, -0.1) is 0 Å². The first-order chi connectivity index (χ1) is 10.2. The summed E-state index contributed by atoms with van der Waals surface area (Å²) in [5.41, 5.74) is 6.41. The molecule has 0 aromatic heterocycles. The van der Waals surface area contributed by atoms with Gasteiger partial charge in [-0.05, 0) is 47.7 Å². The molecule has 0 radical (unpaired) electrons. The van der Waals surface area contributed by atoms with Gasteiger partial charge in [-0.3, -0.25) is 0 Å². The molecule has 0 saturated carbocycles. The largest absolute Gasteiger partial charge is 0.313 e. The van der Waals surface area contributed by atoms with Crippen molar-refractivity contribution < 1.29 is 0 Å². The van der Waals surface area contributed by atoms with Crippen LogP contribution in [0.3, 0.4) is 0 Å². The van der Waals surface area contributed by atoms with Gasteiger partial charge in [-0.2, -0.15) is 0 Å². The predicted molar refractivity (Wildman–Crippen MR) is 93.0 cm³/mol. The Hall–Kier alpha value is -1.31. The van der Waals surface area contributed by atoms with Gasteiger partial charge in [0.15, 0.2) is 0 Å². The summed E-state index contributed by atoms with van der Waals surface area (Å²) in [6.45, 7) is 8.36. The van der Waals surface area contributed by atoms with Crippen molar-refractivity contribution in [2.24, 2.45) is 0 Å². The smallest absolute Gasteiger partial charge is 0.0487 e. The summed E-state index contributed by atoms with van der Waals surface area (Å²) >= 11 is 6.48.